The van der Waals surface area contributed by atoms with Crippen LogP contribution in [-0.4, -0.2) is 26.0 Å². The molecule has 0 aliphatic carbocycles. The Balaban J connectivity index is 2.23. The first-order chi connectivity index (χ1) is 7.31. The zero-order valence-electron chi connectivity index (χ0n) is 8.90. The van der Waals surface area contributed by atoms with Gasteiger partial charge in [0, 0.05) is 0 Å². The molecule has 0 aromatic carbocycles. The maximum Gasteiger partial charge on any atom is 0.243 e. The molecular formula is C10H14N4O. The van der Waals surface area contributed by atoms with Crippen molar-refractivity contribution >= 4 is 11.2 Å². The Kier molecular flexibility index (Phi) is 2.80. The van der Waals surface area contributed by atoms with E-state index in [1.807, 2.05) is 6.92 Å². The highest BCUT2D eigenvalue weighted by molar-refractivity contribution is 5.74. The molecule has 0 radical (unpaired) electrons. The molecule has 2 aromatic rings. The standard InChI is InChI=1S/C10H14N4O/c1-3-4-7(2)15-10-8-9(12-5-11-8)13-6-14-10/h5-7H,3-4H2,1-2H3,(H,11,12,13,14). The van der Waals surface area contributed by atoms with Gasteiger partial charge in [0.2, 0.25) is 5.88 Å². The minimum Gasteiger partial charge on any atom is -0.473 e. The first-order valence-corrected chi connectivity index (χ1v) is 5.12. The fraction of sp³-hybridized carbons (Fsp3) is 0.500. The largest absolute Gasteiger partial charge is 0.473 e. The maximum atomic E-state index is 5.70. The monoisotopic (exact) mass is 206 g/mol. The second-order valence-electron chi connectivity index (χ2n) is 3.50. The molecule has 2 heterocycles. The van der Waals surface area contributed by atoms with Crippen molar-refractivity contribution < 1.29 is 4.74 Å². The smallest absolute Gasteiger partial charge is 0.243 e. The molecule has 80 valence electrons. The van der Waals surface area contributed by atoms with Gasteiger partial charge in [-0.1, -0.05) is 13.3 Å². The summed E-state index contributed by atoms with van der Waals surface area (Å²) in [5, 5.41) is 0. The highest BCUT2D eigenvalue weighted by Crippen LogP contribution is 2.19. The molecule has 1 atom stereocenters. The highest BCUT2D eigenvalue weighted by atomic mass is 16.5. The van der Waals surface area contributed by atoms with E-state index in [4.69, 9.17) is 4.74 Å². The topological polar surface area (TPSA) is 63.7 Å². The summed E-state index contributed by atoms with van der Waals surface area (Å²) in [6, 6.07) is 0. The number of hydrogen-bond acceptors (Lipinski definition) is 4. The van der Waals surface area contributed by atoms with Gasteiger partial charge in [-0.25, -0.2) is 9.97 Å². The fourth-order valence-corrected chi connectivity index (χ4v) is 1.49. The van der Waals surface area contributed by atoms with E-state index in [9.17, 15) is 0 Å². The van der Waals surface area contributed by atoms with Crippen LogP contribution in [0, 0.1) is 0 Å². The average molecular weight is 206 g/mol. The number of hydrogen-bond donors (Lipinski definition) is 1. The molecule has 5 heteroatoms. The number of ether oxygens (including phenoxy) is 1. The summed E-state index contributed by atoms with van der Waals surface area (Å²) >= 11 is 0. The summed E-state index contributed by atoms with van der Waals surface area (Å²) in [4.78, 5) is 15.1. The van der Waals surface area contributed by atoms with Crippen molar-refractivity contribution in [3.8, 4) is 5.88 Å². The van der Waals surface area contributed by atoms with Crippen molar-refractivity contribution in [3.05, 3.63) is 12.7 Å². The highest BCUT2D eigenvalue weighted by Gasteiger charge is 2.09. The van der Waals surface area contributed by atoms with Crippen LogP contribution in [0.1, 0.15) is 26.7 Å². The number of nitrogens with one attached hydrogen (secondary N) is 1. The molecule has 0 saturated carbocycles. The van der Waals surface area contributed by atoms with Crippen molar-refractivity contribution in [2.75, 3.05) is 0 Å². The first kappa shape index (κ1) is 9.89. The molecule has 0 spiro atoms. The molecular weight excluding hydrogens is 192 g/mol. The Labute approximate surface area is 87.9 Å². The lowest BCUT2D eigenvalue weighted by Gasteiger charge is -2.12. The lowest BCUT2D eigenvalue weighted by molar-refractivity contribution is 0.204. The van der Waals surface area contributed by atoms with Crippen molar-refractivity contribution in [3.63, 3.8) is 0 Å². The van der Waals surface area contributed by atoms with Crippen molar-refractivity contribution in [2.45, 2.75) is 32.8 Å². The molecule has 2 rings (SSSR count). The number of H-pyrrole nitrogens is 1. The van der Waals surface area contributed by atoms with Crippen molar-refractivity contribution in [2.24, 2.45) is 0 Å². The average Bonchev–Trinajstić information content (AvgIpc) is 2.67. The number of nitrogens with zero attached hydrogens (tertiary/aromatic N) is 3. The van der Waals surface area contributed by atoms with Gasteiger partial charge in [-0.2, -0.15) is 4.98 Å². The predicted octanol–water partition coefficient (Wildman–Crippen LogP) is 1.92. The second kappa shape index (κ2) is 4.25. The third-order valence-corrected chi connectivity index (χ3v) is 2.20. The summed E-state index contributed by atoms with van der Waals surface area (Å²) in [5.41, 5.74) is 1.41. The Morgan fingerprint density at radius 1 is 1.40 bits per heavy atom. The van der Waals surface area contributed by atoms with Gasteiger partial charge in [-0.3, -0.25) is 0 Å². The van der Waals surface area contributed by atoms with Gasteiger partial charge < -0.3 is 9.72 Å². The van der Waals surface area contributed by atoms with Gasteiger partial charge >= 0.3 is 0 Å². The molecule has 0 fully saturated rings. The van der Waals surface area contributed by atoms with Crippen LogP contribution in [0.2, 0.25) is 0 Å². The quantitative estimate of drug-likeness (QED) is 0.830. The minimum absolute atomic E-state index is 0.163. The Hall–Kier alpha value is -1.65. The van der Waals surface area contributed by atoms with E-state index >= 15 is 0 Å². The van der Waals surface area contributed by atoms with Crippen LogP contribution in [-0.2, 0) is 0 Å². The molecule has 0 amide bonds. The number of aromatic nitrogens is 4. The van der Waals surface area contributed by atoms with Crippen molar-refractivity contribution in [1.29, 1.82) is 0 Å². The third-order valence-electron chi connectivity index (χ3n) is 2.20. The fourth-order valence-electron chi connectivity index (χ4n) is 1.49. The van der Waals surface area contributed by atoms with Crippen LogP contribution in [0.5, 0.6) is 5.88 Å². The maximum absolute atomic E-state index is 5.70. The molecule has 0 bridgehead atoms. The lowest BCUT2D eigenvalue weighted by Crippen LogP contribution is -2.12. The van der Waals surface area contributed by atoms with E-state index in [-0.39, 0.29) is 6.10 Å². The van der Waals surface area contributed by atoms with Gasteiger partial charge in [-0.15, -0.1) is 0 Å². The molecule has 15 heavy (non-hydrogen) atoms. The normalized spacial score (nSPS) is 12.9. The molecule has 1 unspecified atom stereocenters. The van der Waals surface area contributed by atoms with Gasteiger partial charge in [0.25, 0.3) is 0 Å². The molecule has 0 aliphatic heterocycles. The van der Waals surface area contributed by atoms with E-state index in [0.717, 1.165) is 18.4 Å². The number of fused-ring (bicyclic) bond motifs is 1. The first-order valence-electron chi connectivity index (χ1n) is 5.12. The lowest BCUT2D eigenvalue weighted by atomic mass is 10.2. The number of aromatic amines is 1. The van der Waals surface area contributed by atoms with E-state index in [2.05, 4.69) is 26.9 Å². The van der Waals surface area contributed by atoms with E-state index in [1.54, 1.807) is 6.33 Å². The van der Waals surface area contributed by atoms with Crippen LogP contribution < -0.4 is 4.74 Å². The van der Waals surface area contributed by atoms with E-state index in [1.165, 1.54) is 6.33 Å². The summed E-state index contributed by atoms with van der Waals surface area (Å²) in [6.07, 6.45) is 5.34. The van der Waals surface area contributed by atoms with E-state index in [0.29, 0.717) is 11.5 Å². The van der Waals surface area contributed by atoms with E-state index < -0.39 is 0 Å². The molecule has 0 saturated heterocycles. The molecule has 2 aromatic heterocycles. The summed E-state index contributed by atoms with van der Waals surface area (Å²) in [7, 11) is 0. The number of rotatable bonds is 4. The zero-order chi connectivity index (χ0) is 10.7. The Morgan fingerprint density at radius 2 is 2.27 bits per heavy atom. The van der Waals surface area contributed by atoms with Gasteiger partial charge in [0.15, 0.2) is 5.65 Å². The summed E-state index contributed by atoms with van der Waals surface area (Å²) in [6.45, 7) is 4.17. The zero-order valence-corrected chi connectivity index (χ0v) is 8.90. The molecule has 0 aliphatic rings. The summed E-state index contributed by atoms with van der Waals surface area (Å²) in [5.74, 6) is 0.582. The van der Waals surface area contributed by atoms with Crippen LogP contribution in [0.3, 0.4) is 0 Å². The Bertz CT molecular complexity index is 440. The SMILES string of the molecule is CCCC(C)Oc1ncnc2nc[nH]c12. The third kappa shape index (κ3) is 2.06. The van der Waals surface area contributed by atoms with Crippen molar-refractivity contribution in [1.82, 2.24) is 19.9 Å². The van der Waals surface area contributed by atoms with Gasteiger partial charge in [-0.05, 0) is 13.3 Å². The number of imidazole rings is 1. The molecule has 5 nitrogen and oxygen atoms in total. The van der Waals surface area contributed by atoms with Gasteiger partial charge in [0.05, 0.1) is 12.4 Å². The van der Waals surface area contributed by atoms with Gasteiger partial charge in [0.1, 0.15) is 11.8 Å². The Morgan fingerprint density at radius 3 is 3.07 bits per heavy atom. The van der Waals surface area contributed by atoms with Crippen LogP contribution in [0.15, 0.2) is 12.7 Å². The van der Waals surface area contributed by atoms with Crippen LogP contribution >= 0.6 is 0 Å². The van der Waals surface area contributed by atoms with Crippen LogP contribution in [0.4, 0.5) is 0 Å². The van der Waals surface area contributed by atoms with Crippen LogP contribution in [0.25, 0.3) is 11.2 Å². The summed E-state index contributed by atoms with van der Waals surface area (Å²) < 4.78 is 5.70. The second-order valence-corrected chi connectivity index (χ2v) is 3.50. The molecule has 1 N–H and O–H groups in total. The minimum atomic E-state index is 0.163. The predicted molar refractivity (Wildman–Crippen MR) is 56.7 cm³/mol.